The Bertz CT molecular complexity index is 540. The SMILES string of the molecule is CNC(Cc1cccc(F)c1F)c1cnc(C)s1. The Balaban J connectivity index is 2.23. The molecule has 1 aromatic carbocycles. The smallest absolute Gasteiger partial charge is 0.162 e. The lowest BCUT2D eigenvalue weighted by atomic mass is 10.0. The standard InChI is InChI=1S/C13H14F2N2S/c1-8-17-7-12(18-8)11(16-2)6-9-4-3-5-10(14)13(9)15/h3-5,7,11,16H,6H2,1-2H3. The third-order valence-corrected chi connectivity index (χ3v) is 3.81. The van der Waals surface area contributed by atoms with E-state index >= 15 is 0 Å². The molecule has 0 spiro atoms. The summed E-state index contributed by atoms with van der Waals surface area (Å²) in [4.78, 5) is 5.20. The molecule has 0 radical (unpaired) electrons. The number of aromatic nitrogens is 1. The van der Waals surface area contributed by atoms with Crippen LogP contribution in [0.25, 0.3) is 0 Å². The Labute approximate surface area is 109 Å². The Morgan fingerprint density at radius 3 is 2.78 bits per heavy atom. The minimum atomic E-state index is -0.803. The summed E-state index contributed by atoms with van der Waals surface area (Å²) in [5.41, 5.74) is 0.375. The monoisotopic (exact) mass is 268 g/mol. The van der Waals surface area contributed by atoms with Gasteiger partial charge in [-0.1, -0.05) is 12.1 Å². The maximum atomic E-state index is 13.6. The minimum Gasteiger partial charge on any atom is -0.312 e. The lowest BCUT2D eigenvalue weighted by molar-refractivity contribution is 0.488. The van der Waals surface area contributed by atoms with Crippen LogP contribution in [0, 0.1) is 18.6 Å². The number of nitrogens with zero attached hydrogens (tertiary/aromatic N) is 1. The summed E-state index contributed by atoms with van der Waals surface area (Å²) in [5, 5.41) is 4.07. The van der Waals surface area contributed by atoms with Crippen LogP contribution in [0.5, 0.6) is 0 Å². The molecule has 1 heterocycles. The van der Waals surface area contributed by atoms with Gasteiger partial charge < -0.3 is 5.32 Å². The number of hydrogen-bond donors (Lipinski definition) is 1. The molecular weight excluding hydrogens is 254 g/mol. The number of halogens is 2. The highest BCUT2D eigenvalue weighted by molar-refractivity contribution is 7.11. The first-order valence-electron chi connectivity index (χ1n) is 5.64. The molecule has 0 bridgehead atoms. The molecule has 2 rings (SSSR count). The Morgan fingerprint density at radius 1 is 1.39 bits per heavy atom. The van der Waals surface area contributed by atoms with E-state index in [9.17, 15) is 8.78 Å². The van der Waals surface area contributed by atoms with Crippen molar-refractivity contribution in [2.24, 2.45) is 0 Å². The Morgan fingerprint density at radius 2 is 2.17 bits per heavy atom. The van der Waals surface area contributed by atoms with Crippen LogP contribution in [-0.2, 0) is 6.42 Å². The second-order valence-electron chi connectivity index (χ2n) is 4.04. The molecule has 0 saturated heterocycles. The molecule has 1 aromatic heterocycles. The van der Waals surface area contributed by atoms with E-state index in [1.54, 1.807) is 30.6 Å². The van der Waals surface area contributed by atoms with E-state index < -0.39 is 11.6 Å². The third-order valence-electron chi connectivity index (χ3n) is 2.79. The lowest BCUT2D eigenvalue weighted by Crippen LogP contribution is -2.18. The third kappa shape index (κ3) is 2.73. The van der Waals surface area contributed by atoms with Gasteiger partial charge in [0.25, 0.3) is 0 Å². The van der Waals surface area contributed by atoms with Crippen molar-refractivity contribution < 1.29 is 8.78 Å². The van der Waals surface area contributed by atoms with Crippen LogP contribution in [0.4, 0.5) is 8.78 Å². The number of nitrogens with one attached hydrogen (secondary N) is 1. The summed E-state index contributed by atoms with van der Waals surface area (Å²) < 4.78 is 26.7. The molecule has 2 nitrogen and oxygen atoms in total. The molecular formula is C13H14F2N2S. The molecule has 1 atom stereocenters. The fourth-order valence-electron chi connectivity index (χ4n) is 1.81. The van der Waals surface area contributed by atoms with Gasteiger partial charge in [0.15, 0.2) is 11.6 Å². The van der Waals surface area contributed by atoms with Gasteiger partial charge >= 0.3 is 0 Å². The van der Waals surface area contributed by atoms with Gasteiger partial charge in [-0.05, 0) is 32.0 Å². The molecule has 1 N–H and O–H groups in total. The van der Waals surface area contributed by atoms with E-state index in [0.29, 0.717) is 12.0 Å². The van der Waals surface area contributed by atoms with Crippen LogP contribution in [-0.4, -0.2) is 12.0 Å². The van der Waals surface area contributed by atoms with Gasteiger partial charge in [-0.3, -0.25) is 0 Å². The molecule has 2 aromatic rings. The number of thiazole rings is 1. The molecule has 0 fully saturated rings. The first kappa shape index (κ1) is 13.1. The van der Waals surface area contributed by atoms with E-state index in [2.05, 4.69) is 10.3 Å². The van der Waals surface area contributed by atoms with Crippen molar-refractivity contribution in [1.82, 2.24) is 10.3 Å². The zero-order valence-corrected chi connectivity index (χ0v) is 11.0. The fraction of sp³-hybridized carbons (Fsp3) is 0.308. The number of rotatable bonds is 4. The predicted molar refractivity (Wildman–Crippen MR) is 68.7 cm³/mol. The van der Waals surface area contributed by atoms with E-state index in [-0.39, 0.29) is 6.04 Å². The van der Waals surface area contributed by atoms with Gasteiger partial charge in [-0.15, -0.1) is 11.3 Å². The summed E-state index contributed by atoms with van der Waals surface area (Å²) >= 11 is 1.56. The molecule has 1 unspecified atom stereocenters. The van der Waals surface area contributed by atoms with Crippen molar-refractivity contribution in [1.29, 1.82) is 0 Å². The molecule has 0 aliphatic rings. The van der Waals surface area contributed by atoms with Crippen molar-refractivity contribution in [3.05, 3.63) is 51.5 Å². The minimum absolute atomic E-state index is 0.0486. The summed E-state index contributed by atoms with van der Waals surface area (Å²) in [5.74, 6) is -1.57. The topological polar surface area (TPSA) is 24.9 Å². The average Bonchev–Trinajstić information content (AvgIpc) is 2.78. The summed E-state index contributed by atoms with van der Waals surface area (Å²) in [7, 11) is 1.80. The number of aryl methyl sites for hydroxylation is 1. The van der Waals surface area contributed by atoms with Crippen molar-refractivity contribution in [3.63, 3.8) is 0 Å². The van der Waals surface area contributed by atoms with Crippen molar-refractivity contribution in [3.8, 4) is 0 Å². The maximum absolute atomic E-state index is 13.6. The Hall–Kier alpha value is -1.33. The van der Waals surface area contributed by atoms with Crippen LogP contribution in [0.2, 0.25) is 0 Å². The predicted octanol–water partition coefficient (Wildman–Crippen LogP) is 3.23. The van der Waals surface area contributed by atoms with E-state index in [1.807, 2.05) is 6.92 Å². The number of benzene rings is 1. The lowest BCUT2D eigenvalue weighted by Gasteiger charge is -2.14. The van der Waals surface area contributed by atoms with Crippen LogP contribution in [0.1, 0.15) is 21.5 Å². The molecule has 0 aliphatic heterocycles. The van der Waals surface area contributed by atoms with Gasteiger partial charge in [0.2, 0.25) is 0 Å². The second-order valence-corrected chi connectivity index (χ2v) is 5.31. The van der Waals surface area contributed by atoms with Crippen LogP contribution < -0.4 is 5.32 Å². The molecule has 5 heteroatoms. The maximum Gasteiger partial charge on any atom is 0.162 e. The molecule has 18 heavy (non-hydrogen) atoms. The Kier molecular flexibility index (Phi) is 4.04. The number of hydrogen-bond acceptors (Lipinski definition) is 3. The van der Waals surface area contributed by atoms with E-state index in [0.717, 1.165) is 16.0 Å². The molecule has 96 valence electrons. The molecule has 0 aliphatic carbocycles. The number of likely N-dealkylation sites (N-methyl/N-ethyl adjacent to an activating group) is 1. The van der Waals surface area contributed by atoms with E-state index in [1.165, 1.54) is 6.07 Å². The van der Waals surface area contributed by atoms with Crippen LogP contribution >= 0.6 is 11.3 Å². The largest absolute Gasteiger partial charge is 0.312 e. The van der Waals surface area contributed by atoms with Crippen LogP contribution in [0.3, 0.4) is 0 Å². The van der Waals surface area contributed by atoms with Crippen LogP contribution in [0.15, 0.2) is 24.4 Å². The summed E-state index contributed by atoms with van der Waals surface area (Å²) in [6, 6.07) is 4.21. The van der Waals surface area contributed by atoms with Crippen molar-refractivity contribution in [2.75, 3.05) is 7.05 Å². The highest BCUT2D eigenvalue weighted by Gasteiger charge is 2.16. The highest BCUT2D eigenvalue weighted by atomic mass is 32.1. The fourth-order valence-corrected chi connectivity index (χ4v) is 2.71. The van der Waals surface area contributed by atoms with Gasteiger partial charge in [0.05, 0.1) is 5.01 Å². The van der Waals surface area contributed by atoms with Gasteiger partial charge in [0, 0.05) is 17.1 Å². The molecule has 0 saturated carbocycles. The first-order valence-corrected chi connectivity index (χ1v) is 6.46. The highest BCUT2D eigenvalue weighted by Crippen LogP contribution is 2.25. The quantitative estimate of drug-likeness (QED) is 0.921. The molecule has 0 amide bonds. The second kappa shape index (κ2) is 5.54. The average molecular weight is 268 g/mol. The summed E-state index contributed by atoms with van der Waals surface area (Å²) in [6.07, 6.45) is 2.18. The van der Waals surface area contributed by atoms with Gasteiger partial charge in [0.1, 0.15) is 0 Å². The van der Waals surface area contributed by atoms with Gasteiger partial charge in [-0.2, -0.15) is 0 Å². The first-order chi connectivity index (χ1) is 8.61. The zero-order chi connectivity index (χ0) is 13.1. The van der Waals surface area contributed by atoms with E-state index in [4.69, 9.17) is 0 Å². The summed E-state index contributed by atoms with van der Waals surface area (Å²) in [6.45, 7) is 1.92. The normalized spacial score (nSPS) is 12.7. The van der Waals surface area contributed by atoms with Gasteiger partial charge in [-0.25, -0.2) is 13.8 Å². The zero-order valence-electron chi connectivity index (χ0n) is 10.2. The van der Waals surface area contributed by atoms with Crippen molar-refractivity contribution >= 4 is 11.3 Å². The van der Waals surface area contributed by atoms with Crippen molar-refractivity contribution in [2.45, 2.75) is 19.4 Å².